The normalized spacial score (nSPS) is 15.2. The summed E-state index contributed by atoms with van der Waals surface area (Å²) in [7, 11) is 2.10. The average molecular weight is 352 g/mol. The maximum atomic E-state index is 2.48. The molecule has 26 heavy (non-hydrogen) atoms. The summed E-state index contributed by atoms with van der Waals surface area (Å²) in [6.45, 7) is 3.27. The fourth-order valence-corrected chi connectivity index (χ4v) is 4.29. The van der Waals surface area contributed by atoms with Crippen molar-refractivity contribution in [2.24, 2.45) is 13.0 Å². The van der Waals surface area contributed by atoms with Crippen molar-refractivity contribution in [3.05, 3.63) is 54.4 Å². The zero-order valence-electron chi connectivity index (χ0n) is 16.7. The van der Waals surface area contributed by atoms with Gasteiger partial charge in [0.15, 0.2) is 12.4 Å². The molecule has 0 saturated heterocycles. The number of aromatic nitrogens is 1. The second kappa shape index (κ2) is 9.75. The van der Waals surface area contributed by atoms with Gasteiger partial charge in [-0.15, -0.1) is 0 Å². The smallest absolute Gasteiger partial charge is 0.192 e. The zero-order valence-corrected chi connectivity index (χ0v) is 16.7. The molecule has 0 bridgehead atoms. The number of hydrogen-bond acceptors (Lipinski definition) is 1. The van der Waals surface area contributed by atoms with Crippen LogP contribution in [0, 0.1) is 12.8 Å². The zero-order chi connectivity index (χ0) is 18.2. The quantitative estimate of drug-likeness (QED) is 0.412. The molecule has 0 spiro atoms. The van der Waals surface area contributed by atoms with Gasteiger partial charge in [0.25, 0.3) is 0 Å². The number of aryl methyl sites for hydroxylation is 2. The molecule has 1 fully saturated rings. The van der Waals surface area contributed by atoms with Crippen LogP contribution in [0.15, 0.2) is 48.8 Å². The third-order valence-electron chi connectivity index (χ3n) is 5.77. The Morgan fingerprint density at radius 2 is 1.77 bits per heavy atom. The van der Waals surface area contributed by atoms with Crippen LogP contribution in [0.25, 0.3) is 0 Å². The molecule has 0 aliphatic heterocycles. The van der Waals surface area contributed by atoms with Crippen molar-refractivity contribution < 1.29 is 4.57 Å². The van der Waals surface area contributed by atoms with E-state index >= 15 is 0 Å². The van der Waals surface area contributed by atoms with Gasteiger partial charge in [-0.05, 0) is 43.0 Å². The molecule has 1 heterocycles. The summed E-state index contributed by atoms with van der Waals surface area (Å²) in [6, 6.07) is 13.3. The Labute approximate surface area is 159 Å². The van der Waals surface area contributed by atoms with E-state index in [-0.39, 0.29) is 0 Å². The molecule has 2 heteroatoms. The Morgan fingerprint density at radius 1 is 0.962 bits per heavy atom. The molecule has 1 aromatic heterocycles. The van der Waals surface area contributed by atoms with E-state index < -0.39 is 0 Å². The molecule has 0 atom stereocenters. The second-order valence-electron chi connectivity index (χ2n) is 8.07. The number of pyridine rings is 1. The van der Waals surface area contributed by atoms with E-state index in [1.54, 1.807) is 0 Å². The van der Waals surface area contributed by atoms with E-state index in [0.717, 1.165) is 12.5 Å². The van der Waals surface area contributed by atoms with Crippen molar-refractivity contribution in [2.45, 2.75) is 64.7 Å². The van der Waals surface area contributed by atoms with Crippen molar-refractivity contribution in [3.8, 4) is 0 Å². The fraction of sp³-hybridized carbons (Fsp3) is 0.542. The highest BCUT2D eigenvalue weighted by Gasteiger charge is 2.14. The number of anilines is 2. The summed E-state index contributed by atoms with van der Waals surface area (Å²) in [5.74, 6) is 1.02. The van der Waals surface area contributed by atoms with Crippen molar-refractivity contribution in [2.75, 3.05) is 11.4 Å². The van der Waals surface area contributed by atoms with Crippen LogP contribution in [0.2, 0.25) is 0 Å². The van der Waals surface area contributed by atoms with Crippen LogP contribution in [-0.2, 0) is 7.05 Å². The fourth-order valence-electron chi connectivity index (χ4n) is 4.29. The van der Waals surface area contributed by atoms with Gasteiger partial charge in [-0.25, -0.2) is 4.57 Å². The predicted octanol–water partition coefficient (Wildman–Crippen LogP) is 6.10. The summed E-state index contributed by atoms with van der Waals surface area (Å²) in [4.78, 5) is 2.48. The highest BCUT2D eigenvalue weighted by Crippen LogP contribution is 2.29. The first-order valence-electron chi connectivity index (χ1n) is 10.5. The third-order valence-corrected chi connectivity index (χ3v) is 5.77. The Kier molecular flexibility index (Phi) is 7.11. The van der Waals surface area contributed by atoms with Crippen molar-refractivity contribution in [1.82, 2.24) is 0 Å². The number of hydrogen-bond donors (Lipinski definition) is 0. The maximum Gasteiger partial charge on any atom is 0.192 e. The molecule has 2 nitrogen and oxygen atoms in total. The molecule has 140 valence electrons. The van der Waals surface area contributed by atoms with Gasteiger partial charge in [-0.1, -0.05) is 63.5 Å². The van der Waals surface area contributed by atoms with Gasteiger partial charge in [-0.3, -0.25) is 0 Å². The molecule has 1 aliphatic rings. The Hall–Kier alpha value is -1.83. The minimum atomic E-state index is 1.02. The standard InChI is InChI=1S/C24H35N2/c1-21-11-9-15-23(19-21)26(24-16-10-17-25(2)20-24)18-8-4-7-14-22-12-5-3-6-13-22/h9-11,15-17,19-20,22H,3-8,12-14,18H2,1-2H3/q+1. The minimum absolute atomic E-state index is 1.02. The highest BCUT2D eigenvalue weighted by atomic mass is 15.1. The van der Waals surface area contributed by atoms with Gasteiger partial charge in [0.2, 0.25) is 0 Å². The van der Waals surface area contributed by atoms with E-state index in [4.69, 9.17) is 0 Å². The Balaban J connectivity index is 1.57. The van der Waals surface area contributed by atoms with Gasteiger partial charge >= 0.3 is 0 Å². The molecule has 1 aromatic carbocycles. The van der Waals surface area contributed by atoms with E-state index in [9.17, 15) is 0 Å². The second-order valence-corrected chi connectivity index (χ2v) is 8.07. The summed E-state index contributed by atoms with van der Waals surface area (Å²) in [6.07, 6.45) is 17.2. The molecule has 3 rings (SSSR count). The molecule has 1 aliphatic carbocycles. The van der Waals surface area contributed by atoms with Crippen molar-refractivity contribution in [1.29, 1.82) is 0 Å². The van der Waals surface area contributed by atoms with Crippen LogP contribution in [0.4, 0.5) is 11.4 Å². The lowest BCUT2D eigenvalue weighted by Crippen LogP contribution is -2.29. The van der Waals surface area contributed by atoms with E-state index in [2.05, 4.69) is 72.2 Å². The summed E-state index contributed by atoms with van der Waals surface area (Å²) >= 11 is 0. The predicted molar refractivity (Wildman–Crippen MR) is 111 cm³/mol. The van der Waals surface area contributed by atoms with E-state index in [0.29, 0.717) is 0 Å². The Morgan fingerprint density at radius 3 is 2.54 bits per heavy atom. The maximum absolute atomic E-state index is 2.48. The van der Waals surface area contributed by atoms with Crippen LogP contribution >= 0.6 is 0 Å². The summed E-state index contributed by atoms with van der Waals surface area (Å²) < 4.78 is 2.14. The van der Waals surface area contributed by atoms with Crippen LogP contribution < -0.4 is 9.47 Å². The lowest BCUT2D eigenvalue weighted by molar-refractivity contribution is -0.670. The SMILES string of the molecule is Cc1cccc(N(CCCCCC2CCCCC2)c2ccc[n+](C)c2)c1. The molecule has 0 radical (unpaired) electrons. The topological polar surface area (TPSA) is 7.12 Å². The van der Waals surface area contributed by atoms with E-state index in [1.807, 2.05) is 0 Å². The van der Waals surface area contributed by atoms with Crippen LogP contribution in [-0.4, -0.2) is 6.54 Å². The first-order valence-corrected chi connectivity index (χ1v) is 10.5. The van der Waals surface area contributed by atoms with Gasteiger partial charge in [0.05, 0.1) is 0 Å². The molecule has 0 unspecified atom stereocenters. The number of benzene rings is 1. The van der Waals surface area contributed by atoms with Gasteiger partial charge in [-0.2, -0.15) is 0 Å². The van der Waals surface area contributed by atoms with Crippen molar-refractivity contribution >= 4 is 11.4 Å². The minimum Gasteiger partial charge on any atom is -0.337 e. The molecule has 1 saturated carbocycles. The van der Waals surface area contributed by atoms with Gasteiger partial charge in [0, 0.05) is 18.3 Å². The van der Waals surface area contributed by atoms with Crippen LogP contribution in [0.1, 0.15) is 63.4 Å². The first-order chi connectivity index (χ1) is 12.7. The number of unbranched alkanes of at least 4 members (excludes halogenated alkanes) is 2. The van der Waals surface area contributed by atoms with Crippen molar-refractivity contribution in [3.63, 3.8) is 0 Å². The molecule has 2 aromatic rings. The molecular formula is C24H35N2+. The Bertz CT molecular complexity index is 628. The van der Waals surface area contributed by atoms with Crippen LogP contribution in [0.3, 0.4) is 0 Å². The van der Waals surface area contributed by atoms with Crippen LogP contribution in [0.5, 0.6) is 0 Å². The summed E-state index contributed by atoms with van der Waals surface area (Å²) in [5.41, 5.74) is 3.92. The largest absolute Gasteiger partial charge is 0.337 e. The van der Waals surface area contributed by atoms with Gasteiger partial charge < -0.3 is 4.90 Å². The lowest BCUT2D eigenvalue weighted by atomic mass is 9.85. The number of nitrogens with zero attached hydrogens (tertiary/aromatic N) is 2. The lowest BCUT2D eigenvalue weighted by Gasteiger charge is -2.25. The average Bonchev–Trinajstić information content (AvgIpc) is 2.65. The molecule has 0 N–H and O–H groups in total. The molecular weight excluding hydrogens is 316 g/mol. The summed E-state index contributed by atoms with van der Waals surface area (Å²) in [5, 5.41) is 0. The first kappa shape index (κ1) is 18.9. The van der Waals surface area contributed by atoms with Gasteiger partial charge in [0.1, 0.15) is 12.7 Å². The number of rotatable bonds is 8. The monoisotopic (exact) mass is 351 g/mol. The highest BCUT2D eigenvalue weighted by molar-refractivity contribution is 5.62. The van der Waals surface area contributed by atoms with E-state index in [1.165, 1.54) is 74.7 Å². The third kappa shape index (κ3) is 5.59. The molecule has 0 amide bonds.